The number of hydrogen-bond donors (Lipinski definition) is 2. The minimum atomic E-state index is -3.35. The summed E-state index contributed by atoms with van der Waals surface area (Å²) in [5, 5.41) is 16.1. The summed E-state index contributed by atoms with van der Waals surface area (Å²) in [6.07, 6.45) is 0. The fourth-order valence-electron chi connectivity index (χ4n) is 2.43. The van der Waals surface area contributed by atoms with Gasteiger partial charge in [-0.3, -0.25) is 14.9 Å². The second-order valence-corrected chi connectivity index (χ2v) is 10.0. The monoisotopic (exact) mass is 429 g/mol. The molecule has 25 heavy (non-hydrogen) atoms. The van der Waals surface area contributed by atoms with Crippen LogP contribution in [-0.4, -0.2) is 46.6 Å². The molecule has 2 N–H and O–H groups in total. The number of carbonyl (C=O) groups excluding carboxylic acids is 1. The molecular weight excluding hydrogens is 417 g/mol. The van der Waals surface area contributed by atoms with Crippen LogP contribution in [-0.2, 0) is 21.2 Å². The third kappa shape index (κ3) is 5.68. The van der Waals surface area contributed by atoms with Crippen molar-refractivity contribution in [3.05, 3.63) is 39.9 Å². The highest BCUT2D eigenvalue weighted by molar-refractivity contribution is 7.91. The molecule has 1 aromatic carbocycles. The van der Waals surface area contributed by atoms with Crippen molar-refractivity contribution in [3.8, 4) is 0 Å². The van der Waals surface area contributed by atoms with Crippen LogP contribution in [0.4, 0.5) is 5.69 Å². The maximum Gasteiger partial charge on any atom is 0.272 e. The zero-order chi connectivity index (χ0) is 18.8. The average molecular weight is 431 g/mol. The number of halogens is 3. The first-order chi connectivity index (χ1) is 11.5. The van der Waals surface area contributed by atoms with Crippen LogP contribution in [0, 0.1) is 10.1 Å². The minimum absolute atomic E-state index is 0.0417. The number of hydrogen-bond acceptors (Lipinski definition) is 6. The molecule has 1 saturated heterocycles. The van der Waals surface area contributed by atoms with E-state index in [-0.39, 0.29) is 23.7 Å². The number of amides is 1. The molecule has 0 bridgehead atoms. The number of carbonyl (C=O) groups is 1. The van der Waals surface area contributed by atoms with Crippen molar-refractivity contribution >= 4 is 56.2 Å². The normalized spacial score (nSPS) is 22.5. The highest BCUT2D eigenvalue weighted by Crippen LogP contribution is 2.27. The Morgan fingerprint density at radius 3 is 2.28 bits per heavy atom. The van der Waals surface area contributed by atoms with Gasteiger partial charge in [0.15, 0.2) is 9.84 Å². The van der Waals surface area contributed by atoms with Gasteiger partial charge in [0.1, 0.15) is 0 Å². The van der Waals surface area contributed by atoms with E-state index >= 15 is 0 Å². The van der Waals surface area contributed by atoms with Crippen molar-refractivity contribution in [2.24, 2.45) is 0 Å². The maximum atomic E-state index is 11.8. The Morgan fingerprint density at radius 1 is 1.20 bits per heavy atom. The Labute approximate surface area is 158 Å². The summed E-state index contributed by atoms with van der Waals surface area (Å²) in [5.74, 6) is -1.34. The molecule has 2 atom stereocenters. The number of nitro groups is 1. The molecule has 12 heteroatoms. The summed E-state index contributed by atoms with van der Waals surface area (Å²) in [4.78, 5) is 21.9. The summed E-state index contributed by atoms with van der Waals surface area (Å²) in [6, 6.07) is 4.50. The second-order valence-electron chi connectivity index (χ2n) is 5.57. The van der Waals surface area contributed by atoms with Crippen molar-refractivity contribution in [3.63, 3.8) is 0 Å². The average Bonchev–Trinajstić information content (AvgIpc) is 2.78. The zero-order valence-corrected chi connectivity index (χ0v) is 15.7. The molecule has 0 spiro atoms. The standard InChI is InChI=1S/C13H14Cl3N3O5S/c14-13(15,16)12(20)18-11-7-25(23,24)6-10(11)17-5-8-1-3-9(4-2-8)19(21)22/h1-4,10-11,17H,5-7H2,(H,18,20)/t10-,11+/m1/s1. The molecule has 0 radical (unpaired) electrons. The van der Waals surface area contributed by atoms with Gasteiger partial charge < -0.3 is 10.6 Å². The van der Waals surface area contributed by atoms with Gasteiger partial charge in [-0.05, 0) is 5.56 Å². The van der Waals surface area contributed by atoms with E-state index < -0.39 is 36.5 Å². The van der Waals surface area contributed by atoms with E-state index in [9.17, 15) is 23.3 Å². The van der Waals surface area contributed by atoms with Gasteiger partial charge in [-0.1, -0.05) is 46.9 Å². The van der Waals surface area contributed by atoms with E-state index in [1.807, 2.05) is 0 Å². The maximum absolute atomic E-state index is 11.8. The van der Waals surface area contributed by atoms with Crippen LogP contribution in [0.5, 0.6) is 0 Å². The molecule has 1 aliphatic heterocycles. The second kappa shape index (κ2) is 7.63. The van der Waals surface area contributed by atoms with Crippen molar-refractivity contribution in [1.82, 2.24) is 10.6 Å². The van der Waals surface area contributed by atoms with Crippen LogP contribution in [0.2, 0.25) is 0 Å². The summed E-state index contributed by atoms with van der Waals surface area (Å²) in [5.41, 5.74) is 0.682. The third-order valence-corrected chi connectivity index (χ3v) is 5.89. The Hall–Kier alpha value is -1.13. The Bertz CT molecular complexity index is 764. The molecule has 138 valence electrons. The molecule has 0 unspecified atom stereocenters. The van der Waals surface area contributed by atoms with Crippen molar-refractivity contribution < 1.29 is 18.1 Å². The lowest BCUT2D eigenvalue weighted by molar-refractivity contribution is -0.384. The molecule has 1 heterocycles. The number of sulfone groups is 1. The Balaban J connectivity index is 2.02. The lowest BCUT2D eigenvalue weighted by Gasteiger charge is -2.22. The van der Waals surface area contributed by atoms with Gasteiger partial charge in [-0.15, -0.1) is 0 Å². The number of benzene rings is 1. The topological polar surface area (TPSA) is 118 Å². The molecule has 1 aliphatic rings. The number of nitrogens with zero attached hydrogens (tertiary/aromatic N) is 1. The van der Waals surface area contributed by atoms with Crippen molar-refractivity contribution in [2.45, 2.75) is 22.4 Å². The van der Waals surface area contributed by atoms with Gasteiger partial charge in [-0.2, -0.15) is 0 Å². The molecule has 0 aromatic heterocycles. The fourth-order valence-corrected chi connectivity index (χ4v) is 4.49. The van der Waals surface area contributed by atoms with Crippen LogP contribution >= 0.6 is 34.8 Å². The highest BCUT2D eigenvalue weighted by Gasteiger charge is 2.41. The molecule has 8 nitrogen and oxygen atoms in total. The first kappa shape index (κ1) is 20.2. The summed E-state index contributed by atoms with van der Waals surface area (Å²) in [7, 11) is -3.35. The molecular formula is C13H14Cl3N3O5S. The first-order valence-corrected chi connectivity index (χ1v) is 9.98. The first-order valence-electron chi connectivity index (χ1n) is 7.03. The fraction of sp³-hybridized carbons (Fsp3) is 0.462. The summed E-state index contributed by atoms with van der Waals surface area (Å²) in [6.45, 7) is 0.262. The van der Waals surface area contributed by atoms with Crippen molar-refractivity contribution in [1.29, 1.82) is 0 Å². The third-order valence-electron chi connectivity index (χ3n) is 3.64. The molecule has 0 saturated carbocycles. The van der Waals surface area contributed by atoms with Gasteiger partial charge >= 0.3 is 0 Å². The predicted molar refractivity (Wildman–Crippen MR) is 94.6 cm³/mol. The summed E-state index contributed by atoms with van der Waals surface area (Å²) >= 11 is 16.5. The van der Waals surface area contributed by atoms with E-state index in [1.54, 1.807) is 12.1 Å². The SMILES string of the molecule is O=C(N[C@H]1CS(=O)(=O)C[C@H]1NCc1ccc([N+](=O)[O-])cc1)C(Cl)(Cl)Cl. The van der Waals surface area contributed by atoms with E-state index in [1.165, 1.54) is 12.1 Å². The van der Waals surface area contributed by atoms with Crippen LogP contribution in [0.1, 0.15) is 5.56 Å². The molecule has 2 rings (SSSR count). The van der Waals surface area contributed by atoms with Crippen LogP contribution in [0.3, 0.4) is 0 Å². The number of nitrogens with one attached hydrogen (secondary N) is 2. The van der Waals surface area contributed by atoms with E-state index in [2.05, 4.69) is 10.6 Å². The van der Waals surface area contributed by atoms with E-state index in [4.69, 9.17) is 34.8 Å². The molecule has 1 amide bonds. The quantitative estimate of drug-likeness (QED) is 0.413. The lowest BCUT2D eigenvalue weighted by atomic mass is 10.1. The highest BCUT2D eigenvalue weighted by atomic mass is 35.6. The lowest BCUT2D eigenvalue weighted by Crippen LogP contribution is -2.51. The number of rotatable bonds is 5. The van der Waals surface area contributed by atoms with E-state index in [0.29, 0.717) is 0 Å². The van der Waals surface area contributed by atoms with Gasteiger partial charge in [0.05, 0.1) is 22.5 Å². The van der Waals surface area contributed by atoms with Gasteiger partial charge in [-0.25, -0.2) is 8.42 Å². The molecule has 1 fully saturated rings. The largest absolute Gasteiger partial charge is 0.347 e. The van der Waals surface area contributed by atoms with Crippen LogP contribution in [0.25, 0.3) is 0 Å². The molecule has 1 aromatic rings. The van der Waals surface area contributed by atoms with Crippen LogP contribution in [0.15, 0.2) is 24.3 Å². The smallest absolute Gasteiger partial charge is 0.272 e. The van der Waals surface area contributed by atoms with Gasteiger partial charge in [0.25, 0.3) is 15.4 Å². The Kier molecular flexibility index (Phi) is 6.16. The Morgan fingerprint density at radius 2 is 1.76 bits per heavy atom. The summed E-state index contributed by atoms with van der Waals surface area (Å²) < 4.78 is 21.5. The van der Waals surface area contributed by atoms with Gasteiger partial charge in [0, 0.05) is 24.7 Å². The number of alkyl halides is 3. The number of nitro benzene ring substituents is 1. The van der Waals surface area contributed by atoms with Crippen molar-refractivity contribution in [2.75, 3.05) is 11.5 Å². The number of non-ortho nitro benzene ring substituents is 1. The molecule has 0 aliphatic carbocycles. The predicted octanol–water partition coefficient (Wildman–Crippen LogP) is 1.34. The minimum Gasteiger partial charge on any atom is -0.347 e. The van der Waals surface area contributed by atoms with Crippen LogP contribution < -0.4 is 10.6 Å². The van der Waals surface area contributed by atoms with E-state index in [0.717, 1.165) is 5.56 Å². The van der Waals surface area contributed by atoms with Gasteiger partial charge in [0.2, 0.25) is 0 Å². The zero-order valence-electron chi connectivity index (χ0n) is 12.6.